The topological polar surface area (TPSA) is 32.8 Å². The van der Waals surface area contributed by atoms with Crippen LogP contribution in [0.2, 0.25) is 0 Å². The molecule has 1 atom stereocenters. The first-order valence-corrected chi connectivity index (χ1v) is 8.42. The molecule has 0 saturated carbocycles. The molecule has 0 amide bonds. The highest BCUT2D eigenvalue weighted by atomic mass is 16.5. The fourth-order valence-corrected chi connectivity index (χ4v) is 3.25. The van der Waals surface area contributed by atoms with Crippen molar-refractivity contribution in [3.05, 3.63) is 60.2 Å². The van der Waals surface area contributed by atoms with Gasteiger partial charge in [0.15, 0.2) is 5.78 Å². The third-order valence-electron chi connectivity index (χ3n) is 4.73. The second-order valence-corrected chi connectivity index (χ2v) is 6.10. The van der Waals surface area contributed by atoms with Crippen LogP contribution in [0.5, 0.6) is 5.75 Å². The highest BCUT2D eigenvalue weighted by molar-refractivity contribution is 5.99. The number of ether oxygens (including phenoxy) is 1. The Hall–Kier alpha value is -2.33. The maximum atomic E-state index is 12.6. The van der Waals surface area contributed by atoms with Crippen LogP contribution in [0.3, 0.4) is 0 Å². The number of piperazine rings is 1. The first-order chi connectivity index (χ1) is 11.7. The van der Waals surface area contributed by atoms with Crippen LogP contribution < -0.4 is 9.64 Å². The zero-order valence-corrected chi connectivity index (χ0v) is 14.3. The van der Waals surface area contributed by atoms with Gasteiger partial charge >= 0.3 is 0 Å². The molecule has 2 aromatic carbocycles. The molecule has 2 aromatic rings. The Labute approximate surface area is 143 Å². The summed E-state index contributed by atoms with van der Waals surface area (Å²) in [5, 5.41) is 0. The Balaban J connectivity index is 1.63. The van der Waals surface area contributed by atoms with Crippen molar-refractivity contribution in [2.75, 3.05) is 38.2 Å². The SMILES string of the molecule is COc1ccccc1N1CCN(C(C)C(=O)c2ccccc2)CC1. The number of benzene rings is 2. The minimum absolute atomic E-state index is 0.0905. The molecule has 4 heteroatoms. The molecule has 1 saturated heterocycles. The van der Waals surface area contributed by atoms with Gasteiger partial charge in [0.1, 0.15) is 5.75 Å². The minimum atomic E-state index is -0.0905. The third kappa shape index (κ3) is 3.44. The van der Waals surface area contributed by atoms with E-state index in [-0.39, 0.29) is 11.8 Å². The van der Waals surface area contributed by atoms with Gasteiger partial charge in [0.2, 0.25) is 0 Å². The van der Waals surface area contributed by atoms with Crippen LogP contribution in [0, 0.1) is 0 Å². The van der Waals surface area contributed by atoms with Crippen molar-refractivity contribution < 1.29 is 9.53 Å². The summed E-state index contributed by atoms with van der Waals surface area (Å²) in [6, 6.07) is 17.6. The summed E-state index contributed by atoms with van der Waals surface area (Å²) in [5.74, 6) is 1.10. The lowest BCUT2D eigenvalue weighted by molar-refractivity contribution is 0.0829. The molecule has 24 heavy (non-hydrogen) atoms. The molecule has 0 N–H and O–H groups in total. The normalized spacial score (nSPS) is 16.7. The number of anilines is 1. The lowest BCUT2D eigenvalue weighted by Gasteiger charge is -2.39. The molecule has 0 aromatic heterocycles. The number of hydrogen-bond acceptors (Lipinski definition) is 4. The fraction of sp³-hybridized carbons (Fsp3) is 0.350. The lowest BCUT2D eigenvalue weighted by atomic mass is 10.0. The van der Waals surface area contributed by atoms with Crippen molar-refractivity contribution in [1.82, 2.24) is 4.90 Å². The van der Waals surface area contributed by atoms with Gasteiger partial charge in [0.05, 0.1) is 18.8 Å². The van der Waals surface area contributed by atoms with Crippen molar-refractivity contribution >= 4 is 11.5 Å². The van der Waals surface area contributed by atoms with Gasteiger partial charge in [0, 0.05) is 31.7 Å². The van der Waals surface area contributed by atoms with E-state index in [0.29, 0.717) is 0 Å². The van der Waals surface area contributed by atoms with Gasteiger partial charge in [-0.25, -0.2) is 0 Å². The Morgan fingerprint density at radius 3 is 2.25 bits per heavy atom. The number of para-hydroxylation sites is 2. The molecule has 126 valence electrons. The first-order valence-electron chi connectivity index (χ1n) is 8.42. The zero-order valence-electron chi connectivity index (χ0n) is 14.3. The lowest BCUT2D eigenvalue weighted by Crippen LogP contribution is -2.51. The molecule has 1 unspecified atom stereocenters. The van der Waals surface area contributed by atoms with Gasteiger partial charge < -0.3 is 9.64 Å². The second kappa shape index (κ2) is 7.49. The molecule has 4 nitrogen and oxygen atoms in total. The highest BCUT2D eigenvalue weighted by Crippen LogP contribution is 2.28. The molecule has 0 spiro atoms. The average molecular weight is 324 g/mol. The molecule has 1 aliphatic rings. The molecule has 0 bridgehead atoms. The number of hydrogen-bond donors (Lipinski definition) is 0. The van der Waals surface area contributed by atoms with E-state index in [1.54, 1.807) is 7.11 Å². The van der Waals surface area contributed by atoms with Crippen molar-refractivity contribution in [3.8, 4) is 5.75 Å². The van der Waals surface area contributed by atoms with E-state index >= 15 is 0 Å². The fourth-order valence-electron chi connectivity index (χ4n) is 3.25. The molecule has 0 radical (unpaired) electrons. The van der Waals surface area contributed by atoms with Crippen LogP contribution in [0.15, 0.2) is 54.6 Å². The number of rotatable bonds is 5. The molecule has 1 heterocycles. The summed E-state index contributed by atoms with van der Waals surface area (Å²) >= 11 is 0. The van der Waals surface area contributed by atoms with Gasteiger partial charge in [-0.1, -0.05) is 42.5 Å². The summed E-state index contributed by atoms with van der Waals surface area (Å²) in [7, 11) is 1.70. The van der Waals surface area contributed by atoms with E-state index in [0.717, 1.165) is 43.2 Å². The molecule has 0 aliphatic carbocycles. The van der Waals surface area contributed by atoms with Gasteiger partial charge in [-0.2, -0.15) is 0 Å². The largest absolute Gasteiger partial charge is 0.495 e. The second-order valence-electron chi connectivity index (χ2n) is 6.10. The number of carbonyl (C=O) groups is 1. The Kier molecular flexibility index (Phi) is 5.16. The van der Waals surface area contributed by atoms with Crippen molar-refractivity contribution in [2.45, 2.75) is 13.0 Å². The van der Waals surface area contributed by atoms with Crippen LogP contribution >= 0.6 is 0 Å². The van der Waals surface area contributed by atoms with Gasteiger partial charge in [0.25, 0.3) is 0 Å². The maximum absolute atomic E-state index is 12.6. The maximum Gasteiger partial charge on any atom is 0.179 e. The summed E-state index contributed by atoms with van der Waals surface area (Å²) in [4.78, 5) is 17.2. The van der Waals surface area contributed by atoms with E-state index in [1.807, 2.05) is 55.5 Å². The zero-order chi connectivity index (χ0) is 16.9. The molecular weight excluding hydrogens is 300 g/mol. The number of carbonyl (C=O) groups excluding carboxylic acids is 1. The molecule has 1 fully saturated rings. The first kappa shape index (κ1) is 16.5. The average Bonchev–Trinajstić information content (AvgIpc) is 2.67. The number of Topliss-reactive ketones (excluding diaryl/α,β-unsaturated/α-hetero) is 1. The quantitative estimate of drug-likeness (QED) is 0.791. The van der Waals surface area contributed by atoms with Crippen LogP contribution in [0.4, 0.5) is 5.69 Å². The van der Waals surface area contributed by atoms with Gasteiger partial charge in [-0.05, 0) is 19.1 Å². The van der Waals surface area contributed by atoms with E-state index in [2.05, 4.69) is 15.9 Å². The Bertz CT molecular complexity index is 679. The van der Waals surface area contributed by atoms with E-state index in [4.69, 9.17) is 4.74 Å². The standard InChI is InChI=1S/C20H24N2O2/c1-16(20(23)17-8-4-3-5-9-17)21-12-14-22(15-13-21)18-10-6-7-11-19(18)24-2/h3-11,16H,12-15H2,1-2H3. The van der Waals surface area contributed by atoms with Crippen LogP contribution in [-0.2, 0) is 0 Å². The van der Waals surface area contributed by atoms with Crippen LogP contribution in [0.25, 0.3) is 0 Å². The summed E-state index contributed by atoms with van der Waals surface area (Å²) in [5.41, 5.74) is 1.92. The Morgan fingerprint density at radius 2 is 1.58 bits per heavy atom. The van der Waals surface area contributed by atoms with Crippen LogP contribution in [0.1, 0.15) is 17.3 Å². The molecular formula is C20H24N2O2. The predicted octanol–water partition coefficient (Wildman–Crippen LogP) is 3.09. The number of methoxy groups -OCH3 is 1. The third-order valence-corrected chi connectivity index (χ3v) is 4.73. The smallest absolute Gasteiger partial charge is 0.179 e. The predicted molar refractivity (Wildman–Crippen MR) is 97.0 cm³/mol. The van der Waals surface area contributed by atoms with Crippen molar-refractivity contribution in [3.63, 3.8) is 0 Å². The van der Waals surface area contributed by atoms with E-state index in [1.165, 1.54) is 0 Å². The van der Waals surface area contributed by atoms with E-state index in [9.17, 15) is 4.79 Å². The summed E-state index contributed by atoms with van der Waals surface area (Å²) in [6.45, 7) is 5.54. The highest BCUT2D eigenvalue weighted by Gasteiger charge is 2.27. The number of nitrogens with zero attached hydrogens (tertiary/aromatic N) is 2. The van der Waals surface area contributed by atoms with Crippen LogP contribution in [-0.4, -0.2) is 50.0 Å². The summed E-state index contributed by atoms with van der Waals surface area (Å²) in [6.07, 6.45) is 0. The van der Waals surface area contributed by atoms with Crippen molar-refractivity contribution in [1.29, 1.82) is 0 Å². The summed E-state index contributed by atoms with van der Waals surface area (Å²) < 4.78 is 5.46. The Morgan fingerprint density at radius 1 is 0.958 bits per heavy atom. The van der Waals surface area contributed by atoms with Gasteiger partial charge in [-0.15, -0.1) is 0 Å². The monoisotopic (exact) mass is 324 g/mol. The van der Waals surface area contributed by atoms with E-state index < -0.39 is 0 Å². The van der Waals surface area contributed by atoms with Crippen molar-refractivity contribution in [2.24, 2.45) is 0 Å². The molecule has 1 aliphatic heterocycles. The minimum Gasteiger partial charge on any atom is -0.495 e. The molecule has 3 rings (SSSR count). The van der Waals surface area contributed by atoms with Gasteiger partial charge in [-0.3, -0.25) is 9.69 Å². The number of ketones is 1.